The maximum Gasteiger partial charge on any atom is 0.343 e. The normalized spacial score (nSPS) is 10.9. The number of esters is 1. The van der Waals surface area contributed by atoms with Gasteiger partial charge in [-0.2, -0.15) is 9.78 Å². The van der Waals surface area contributed by atoms with Crippen LogP contribution in [0.25, 0.3) is 16.7 Å². The lowest BCUT2D eigenvalue weighted by atomic mass is 10.1. The van der Waals surface area contributed by atoms with E-state index >= 15 is 0 Å². The molecular weight excluding hydrogens is 384 g/mol. The van der Waals surface area contributed by atoms with E-state index in [0.29, 0.717) is 11.6 Å². The Morgan fingerprint density at radius 1 is 1.17 bits per heavy atom. The Morgan fingerprint density at radius 2 is 1.97 bits per heavy atom. The molecule has 8 heteroatoms. The molecule has 152 valence electrons. The first-order valence-corrected chi connectivity index (χ1v) is 9.47. The lowest BCUT2D eigenvalue weighted by molar-refractivity contribution is 0.0527. The Morgan fingerprint density at radius 3 is 2.70 bits per heavy atom. The summed E-state index contributed by atoms with van der Waals surface area (Å²) in [7, 11) is 0. The van der Waals surface area contributed by atoms with E-state index in [1.165, 1.54) is 10.9 Å². The van der Waals surface area contributed by atoms with Crippen molar-refractivity contribution in [2.24, 2.45) is 0 Å². The Hall–Kier alpha value is -3.94. The van der Waals surface area contributed by atoms with Crippen LogP contribution in [0.2, 0.25) is 0 Å². The molecule has 0 aliphatic carbocycles. The van der Waals surface area contributed by atoms with Gasteiger partial charge in [-0.1, -0.05) is 18.2 Å². The van der Waals surface area contributed by atoms with E-state index in [2.05, 4.69) is 15.4 Å². The average molecular weight is 404 g/mol. The number of ether oxygens (including phenoxy) is 1. The fourth-order valence-electron chi connectivity index (χ4n) is 3.17. The highest BCUT2D eigenvalue weighted by Gasteiger charge is 2.24. The van der Waals surface area contributed by atoms with Gasteiger partial charge in [-0.3, -0.25) is 4.79 Å². The van der Waals surface area contributed by atoms with E-state index in [1.807, 2.05) is 37.3 Å². The molecule has 30 heavy (non-hydrogen) atoms. The number of para-hydroxylation sites is 1. The predicted octanol–water partition coefficient (Wildman–Crippen LogP) is 4.06. The minimum Gasteiger partial charge on any atom is -0.462 e. The zero-order valence-corrected chi connectivity index (χ0v) is 16.8. The van der Waals surface area contributed by atoms with Crippen molar-refractivity contribution >= 4 is 28.6 Å². The van der Waals surface area contributed by atoms with Crippen molar-refractivity contribution in [3.05, 3.63) is 71.3 Å². The largest absolute Gasteiger partial charge is 0.462 e. The lowest BCUT2D eigenvalue weighted by Crippen LogP contribution is -2.18. The zero-order chi connectivity index (χ0) is 21.3. The second-order valence-electron chi connectivity index (χ2n) is 6.72. The molecule has 1 N–H and O–H groups in total. The molecule has 8 nitrogen and oxygen atoms in total. The quantitative estimate of drug-likeness (QED) is 0.504. The minimum atomic E-state index is -0.591. The van der Waals surface area contributed by atoms with Gasteiger partial charge < -0.3 is 14.5 Å². The number of nitrogens with one attached hydrogen (secondary N) is 1. The van der Waals surface area contributed by atoms with Crippen LogP contribution in [0, 0.1) is 13.8 Å². The number of benzene rings is 1. The van der Waals surface area contributed by atoms with Gasteiger partial charge in [-0.15, -0.1) is 0 Å². The summed E-state index contributed by atoms with van der Waals surface area (Å²) in [5, 5.41) is 8.03. The number of fused-ring (bicyclic) bond motifs is 1. The van der Waals surface area contributed by atoms with Crippen LogP contribution in [-0.2, 0) is 4.74 Å². The third kappa shape index (κ3) is 3.55. The number of hydrogen-bond acceptors (Lipinski definition) is 6. The van der Waals surface area contributed by atoms with Crippen LogP contribution in [0.5, 0.6) is 0 Å². The smallest absolute Gasteiger partial charge is 0.343 e. The maximum atomic E-state index is 12.7. The highest BCUT2D eigenvalue weighted by Crippen LogP contribution is 2.25. The average Bonchev–Trinajstić information content (AvgIpc) is 3.34. The molecule has 1 aromatic carbocycles. The summed E-state index contributed by atoms with van der Waals surface area (Å²) >= 11 is 0. The molecule has 1 amide bonds. The van der Waals surface area contributed by atoms with Gasteiger partial charge in [0, 0.05) is 5.39 Å². The second-order valence-corrected chi connectivity index (χ2v) is 6.72. The summed E-state index contributed by atoms with van der Waals surface area (Å²) in [4.78, 5) is 29.8. The molecule has 0 aliphatic heterocycles. The van der Waals surface area contributed by atoms with Gasteiger partial charge in [-0.25, -0.2) is 9.78 Å². The molecular formula is C22H20N4O4. The molecule has 0 fully saturated rings. The van der Waals surface area contributed by atoms with Gasteiger partial charge in [0.2, 0.25) is 0 Å². The third-order valence-electron chi connectivity index (χ3n) is 4.59. The van der Waals surface area contributed by atoms with Gasteiger partial charge in [0.05, 0.1) is 18.3 Å². The SMILES string of the molecule is CCOC(=O)c1cnn(-c2cc(C)c3ccccc3n2)c1NC(=O)c1ccc(C)o1. The fourth-order valence-corrected chi connectivity index (χ4v) is 3.17. The summed E-state index contributed by atoms with van der Waals surface area (Å²) in [6.45, 7) is 5.61. The number of anilines is 1. The van der Waals surface area contributed by atoms with E-state index in [4.69, 9.17) is 9.15 Å². The molecule has 3 aromatic heterocycles. The number of hydrogen-bond donors (Lipinski definition) is 1. The highest BCUT2D eigenvalue weighted by molar-refractivity contribution is 6.06. The van der Waals surface area contributed by atoms with Crippen LogP contribution in [0.4, 0.5) is 5.82 Å². The third-order valence-corrected chi connectivity index (χ3v) is 4.59. The summed E-state index contributed by atoms with van der Waals surface area (Å²) < 4.78 is 11.9. The number of amides is 1. The monoisotopic (exact) mass is 404 g/mol. The summed E-state index contributed by atoms with van der Waals surface area (Å²) in [6.07, 6.45) is 1.35. The molecule has 4 aromatic rings. The topological polar surface area (TPSA) is 99.2 Å². The second kappa shape index (κ2) is 7.82. The number of pyridine rings is 1. The van der Waals surface area contributed by atoms with E-state index in [0.717, 1.165) is 16.5 Å². The van der Waals surface area contributed by atoms with Crippen LogP contribution in [-0.4, -0.2) is 33.2 Å². The first-order valence-electron chi connectivity index (χ1n) is 9.47. The Bertz CT molecular complexity index is 1260. The van der Waals surface area contributed by atoms with Crippen molar-refractivity contribution in [2.75, 3.05) is 11.9 Å². The number of aryl methyl sites for hydroxylation is 2. The van der Waals surface area contributed by atoms with E-state index in [9.17, 15) is 9.59 Å². The number of nitrogens with zero attached hydrogens (tertiary/aromatic N) is 3. The molecule has 0 unspecified atom stereocenters. The molecule has 0 bridgehead atoms. The number of furan rings is 1. The number of rotatable bonds is 5. The van der Waals surface area contributed by atoms with Gasteiger partial charge in [0.1, 0.15) is 11.3 Å². The van der Waals surface area contributed by atoms with Crippen molar-refractivity contribution in [2.45, 2.75) is 20.8 Å². The van der Waals surface area contributed by atoms with E-state index in [1.54, 1.807) is 26.0 Å². The lowest BCUT2D eigenvalue weighted by Gasteiger charge is -2.11. The molecule has 0 saturated heterocycles. The zero-order valence-electron chi connectivity index (χ0n) is 16.8. The highest BCUT2D eigenvalue weighted by atomic mass is 16.5. The van der Waals surface area contributed by atoms with Crippen LogP contribution >= 0.6 is 0 Å². The Kier molecular flexibility index (Phi) is 5.05. The van der Waals surface area contributed by atoms with Gasteiger partial charge in [-0.05, 0) is 50.6 Å². The molecule has 4 rings (SSSR count). The summed E-state index contributed by atoms with van der Waals surface area (Å²) in [6, 6.07) is 12.8. The van der Waals surface area contributed by atoms with Gasteiger partial charge >= 0.3 is 5.97 Å². The standard InChI is InChI=1S/C22H20N4O4/c1-4-29-22(28)16-12-23-26(20(16)25-21(27)18-10-9-14(3)30-18)19-11-13(2)15-7-5-6-8-17(15)24-19/h5-12H,4H2,1-3H3,(H,25,27). The van der Waals surface area contributed by atoms with Crippen LogP contribution in [0.15, 0.2) is 53.1 Å². The van der Waals surface area contributed by atoms with Crippen molar-refractivity contribution in [3.8, 4) is 5.82 Å². The van der Waals surface area contributed by atoms with Gasteiger partial charge in [0.15, 0.2) is 17.4 Å². The van der Waals surface area contributed by atoms with E-state index in [-0.39, 0.29) is 23.7 Å². The van der Waals surface area contributed by atoms with Crippen LogP contribution in [0.1, 0.15) is 39.2 Å². The minimum absolute atomic E-state index is 0.123. The van der Waals surface area contributed by atoms with Gasteiger partial charge in [0.25, 0.3) is 5.91 Å². The van der Waals surface area contributed by atoms with Crippen molar-refractivity contribution in [1.82, 2.24) is 14.8 Å². The van der Waals surface area contributed by atoms with Crippen molar-refractivity contribution < 1.29 is 18.7 Å². The molecule has 3 heterocycles. The molecule has 0 aliphatic rings. The van der Waals surface area contributed by atoms with Crippen LogP contribution < -0.4 is 5.32 Å². The van der Waals surface area contributed by atoms with E-state index < -0.39 is 11.9 Å². The Labute approximate surface area is 172 Å². The molecule has 0 spiro atoms. The molecule has 0 atom stereocenters. The van der Waals surface area contributed by atoms with Crippen molar-refractivity contribution in [3.63, 3.8) is 0 Å². The predicted molar refractivity (Wildman–Crippen MR) is 111 cm³/mol. The first kappa shape index (κ1) is 19.4. The van der Waals surface area contributed by atoms with Crippen molar-refractivity contribution in [1.29, 1.82) is 0 Å². The number of carbonyl (C=O) groups excluding carboxylic acids is 2. The Balaban J connectivity index is 1.82. The molecule has 0 saturated carbocycles. The number of carbonyl (C=O) groups is 2. The van der Waals surface area contributed by atoms with Crippen LogP contribution in [0.3, 0.4) is 0 Å². The summed E-state index contributed by atoms with van der Waals surface area (Å²) in [5.74, 6) is 0.256. The fraction of sp³-hybridized carbons (Fsp3) is 0.182. The summed E-state index contributed by atoms with van der Waals surface area (Å²) in [5.41, 5.74) is 1.89. The number of aromatic nitrogens is 3. The molecule has 0 radical (unpaired) electrons. The maximum absolute atomic E-state index is 12.7. The first-order chi connectivity index (χ1) is 14.5.